The number of hydrogen-bond donors (Lipinski definition) is 1. The molecule has 1 aromatic heterocycles. The molecular weight excluding hydrogens is 346 g/mol. The van der Waals surface area contributed by atoms with Crippen molar-refractivity contribution in [1.82, 2.24) is 15.1 Å². The quantitative estimate of drug-likeness (QED) is 0.829. The van der Waals surface area contributed by atoms with Crippen molar-refractivity contribution in [3.63, 3.8) is 0 Å². The molecule has 1 N–H and O–H groups in total. The molecule has 26 heavy (non-hydrogen) atoms. The maximum Gasteiger partial charge on any atom is 0.252 e. The van der Waals surface area contributed by atoms with Crippen molar-refractivity contribution in [2.75, 3.05) is 19.6 Å². The van der Waals surface area contributed by atoms with E-state index < -0.39 is 0 Å². The lowest BCUT2D eigenvalue weighted by atomic mass is 9.93. The summed E-state index contributed by atoms with van der Waals surface area (Å²) in [5, 5.41) is 6.96. The molecule has 0 unspecified atom stereocenters. The van der Waals surface area contributed by atoms with E-state index >= 15 is 0 Å². The van der Waals surface area contributed by atoms with Crippen LogP contribution in [0.25, 0.3) is 0 Å². The normalized spacial score (nSPS) is 24.5. The third-order valence-corrected chi connectivity index (χ3v) is 6.55. The first-order valence-electron chi connectivity index (χ1n) is 10.0. The summed E-state index contributed by atoms with van der Waals surface area (Å²) in [4.78, 5) is 29.9. The first-order chi connectivity index (χ1) is 12.6. The monoisotopic (exact) mass is 377 g/mol. The number of thiophene rings is 1. The summed E-state index contributed by atoms with van der Waals surface area (Å²) in [5.74, 6) is 0.212. The SMILES string of the molecule is CCN(CC)C(=O)[C@@H]1C[C@@H](NC(=O)c2ccsc2)CN1C1CCCCC1. The van der Waals surface area contributed by atoms with Gasteiger partial charge in [0.25, 0.3) is 5.91 Å². The van der Waals surface area contributed by atoms with Crippen LogP contribution in [-0.4, -0.2) is 59.4 Å². The molecule has 1 aromatic rings. The Morgan fingerprint density at radius 2 is 1.96 bits per heavy atom. The zero-order valence-electron chi connectivity index (χ0n) is 15.9. The number of nitrogens with zero attached hydrogens (tertiary/aromatic N) is 2. The second kappa shape index (κ2) is 9.00. The molecule has 2 amide bonds. The Hall–Kier alpha value is -1.40. The molecule has 1 aliphatic heterocycles. The van der Waals surface area contributed by atoms with E-state index in [1.165, 1.54) is 43.4 Å². The van der Waals surface area contributed by atoms with Crippen LogP contribution in [0.2, 0.25) is 0 Å². The highest BCUT2D eigenvalue weighted by atomic mass is 32.1. The summed E-state index contributed by atoms with van der Waals surface area (Å²) in [6.45, 7) is 6.36. The maximum atomic E-state index is 13.1. The molecule has 1 aliphatic carbocycles. The van der Waals surface area contributed by atoms with Crippen LogP contribution in [0.3, 0.4) is 0 Å². The van der Waals surface area contributed by atoms with Crippen molar-refractivity contribution < 1.29 is 9.59 Å². The predicted octanol–water partition coefficient (Wildman–Crippen LogP) is 3.12. The van der Waals surface area contributed by atoms with Gasteiger partial charge in [-0.25, -0.2) is 0 Å². The summed E-state index contributed by atoms with van der Waals surface area (Å²) >= 11 is 1.53. The Morgan fingerprint density at radius 3 is 2.58 bits per heavy atom. The van der Waals surface area contributed by atoms with Gasteiger partial charge in [0.05, 0.1) is 6.04 Å². The summed E-state index contributed by atoms with van der Waals surface area (Å²) in [5.41, 5.74) is 0.720. The van der Waals surface area contributed by atoms with E-state index in [0.717, 1.165) is 31.6 Å². The number of rotatable bonds is 6. The molecule has 0 radical (unpaired) electrons. The standard InChI is InChI=1S/C20H31N3O2S/c1-3-22(4-2)20(25)18-12-16(21-19(24)15-10-11-26-14-15)13-23(18)17-8-6-5-7-9-17/h10-11,14,16-18H,3-9,12-13H2,1-2H3,(H,21,24)/t16-,18+/m1/s1. The zero-order valence-corrected chi connectivity index (χ0v) is 16.8. The van der Waals surface area contributed by atoms with E-state index in [2.05, 4.69) is 10.2 Å². The molecule has 2 atom stereocenters. The van der Waals surface area contributed by atoms with Crippen LogP contribution in [0, 0.1) is 0 Å². The van der Waals surface area contributed by atoms with Gasteiger partial charge in [-0.2, -0.15) is 11.3 Å². The van der Waals surface area contributed by atoms with Gasteiger partial charge in [-0.1, -0.05) is 19.3 Å². The topological polar surface area (TPSA) is 52.7 Å². The fourth-order valence-electron chi connectivity index (χ4n) is 4.43. The molecule has 2 fully saturated rings. The molecule has 3 rings (SSSR count). The molecule has 2 heterocycles. The lowest BCUT2D eigenvalue weighted by Gasteiger charge is -2.36. The summed E-state index contributed by atoms with van der Waals surface area (Å²) in [6.07, 6.45) is 6.87. The summed E-state index contributed by atoms with van der Waals surface area (Å²) in [6, 6.07) is 2.29. The van der Waals surface area contributed by atoms with E-state index in [1.807, 2.05) is 35.6 Å². The third-order valence-electron chi connectivity index (χ3n) is 5.86. The van der Waals surface area contributed by atoms with E-state index in [9.17, 15) is 9.59 Å². The largest absolute Gasteiger partial charge is 0.348 e. The fourth-order valence-corrected chi connectivity index (χ4v) is 5.07. The second-order valence-electron chi connectivity index (χ2n) is 7.43. The van der Waals surface area contributed by atoms with Crippen molar-refractivity contribution in [3.05, 3.63) is 22.4 Å². The highest BCUT2D eigenvalue weighted by molar-refractivity contribution is 7.08. The molecule has 144 valence electrons. The lowest BCUT2D eigenvalue weighted by molar-refractivity contribution is -0.136. The van der Waals surface area contributed by atoms with Crippen molar-refractivity contribution >= 4 is 23.2 Å². The van der Waals surface area contributed by atoms with E-state index in [0.29, 0.717) is 6.04 Å². The number of likely N-dealkylation sites (N-methyl/N-ethyl adjacent to an activating group) is 1. The first-order valence-corrected chi connectivity index (χ1v) is 11.0. The Balaban J connectivity index is 1.71. The van der Waals surface area contributed by atoms with Gasteiger partial charge in [0.1, 0.15) is 0 Å². The zero-order chi connectivity index (χ0) is 18.5. The molecule has 0 spiro atoms. The van der Waals surface area contributed by atoms with Crippen LogP contribution in [0.4, 0.5) is 0 Å². The van der Waals surface area contributed by atoms with Gasteiger partial charge in [-0.15, -0.1) is 0 Å². The predicted molar refractivity (Wildman–Crippen MR) is 105 cm³/mol. The third kappa shape index (κ3) is 4.29. The Kier molecular flexibility index (Phi) is 6.70. The number of carbonyl (C=O) groups is 2. The van der Waals surface area contributed by atoms with Crippen molar-refractivity contribution in [1.29, 1.82) is 0 Å². The van der Waals surface area contributed by atoms with E-state index in [4.69, 9.17) is 0 Å². The summed E-state index contributed by atoms with van der Waals surface area (Å²) in [7, 11) is 0. The lowest BCUT2D eigenvalue weighted by Crippen LogP contribution is -2.49. The van der Waals surface area contributed by atoms with Crippen LogP contribution in [0.15, 0.2) is 16.8 Å². The average Bonchev–Trinajstić information content (AvgIpc) is 3.33. The molecule has 0 aromatic carbocycles. The fraction of sp³-hybridized carbons (Fsp3) is 0.700. The van der Waals surface area contributed by atoms with Gasteiger partial charge >= 0.3 is 0 Å². The summed E-state index contributed by atoms with van der Waals surface area (Å²) < 4.78 is 0. The smallest absolute Gasteiger partial charge is 0.252 e. The number of carbonyl (C=O) groups excluding carboxylic acids is 2. The molecule has 2 aliphatic rings. The maximum absolute atomic E-state index is 13.1. The Labute approximate surface area is 160 Å². The average molecular weight is 378 g/mol. The molecule has 1 saturated heterocycles. The molecule has 6 heteroatoms. The van der Waals surface area contributed by atoms with E-state index in [-0.39, 0.29) is 23.9 Å². The minimum atomic E-state index is -0.0919. The van der Waals surface area contributed by atoms with E-state index in [1.54, 1.807) is 0 Å². The van der Waals surface area contributed by atoms with Gasteiger partial charge in [0, 0.05) is 42.7 Å². The van der Waals surface area contributed by atoms with Crippen molar-refractivity contribution in [3.8, 4) is 0 Å². The van der Waals surface area contributed by atoms with Crippen LogP contribution in [0.1, 0.15) is 62.7 Å². The number of hydrogen-bond acceptors (Lipinski definition) is 4. The van der Waals surface area contributed by atoms with Gasteiger partial charge in [-0.3, -0.25) is 14.5 Å². The van der Waals surface area contributed by atoms with Crippen LogP contribution >= 0.6 is 11.3 Å². The number of nitrogens with one attached hydrogen (secondary N) is 1. The molecule has 0 bridgehead atoms. The van der Waals surface area contributed by atoms with Gasteiger partial charge in [0.2, 0.25) is 5.91 Å². The minimum Gasteiger partial charge on any atom is -0.348 e. The number of amides is 2. The first kappa shape index (κ1) is 19.4. The molecule has 1 saturated carbocycles. The molecule has 5 nitrogen and oxygen atoms in total. The second-order valence-corrected chi connectivity index (χ2v) is 8.21. The van der Waals surface area contributed by atoms with Gasteiger partial charge < -0.3 is 10.2 Å². The number of likely N-dealkylation sites (tertiary alicyclic amines) is 1. The Morgan fingerprint density at radius 1 is 1.23 bits per heavy atom. The van der Waals surface area contributed by atoms with Crippen molar-refractivity contribution in [2.45, 2.75) is 70.5 Å². The van der Waals surface area contributed by atoms with Gasteiger partial charge in [0.15, 0.2) is 0 Å². The van der Waals surface area contributed by atoms with Gasteiger partial charge in [-0.05, 0) is 44.6 Å². The van der Waals surface area contributed by atoms with Crippen LogP contribution < -0.4 is 5.32 Å². The molecular formula is C20H31N3O2S. The van der Waals surface area contributed by atoms with Crippen LogP contribution in [0.5, 0.6) is 0 Å². The Bertz CT molecular complexity index is 594. The van der Waals surface area contributed by atoms with Crippen molar-refractivity contribution in [2.24, 2.45) is 0 Å². The highest BCUT2D eigenvalue weighted by Gasteiger charge is 2.42. The minimum absolute atomic E-state index is 0.0178. The van der Waals surface area contributed by atoms with Crippen LogP contribution in [-0.2, 0) is 4.79 Å². The highest BCUT2D eigenvalue weighted by Crippen LogP contribution is 2.30.